The number of ether oxygens (including phenoxy) is 1. The summed E-state index contributed by atoms with van der Waals surface area (Å²) in [5.41, 5.74) is 0.0163. The molecule has 0 bridgehead atoms. The van der Waals surface area contributed by atoms with Crippen LogP contribution in [0.25, 0.3) is 0 Å². The van der Waals surface area contributed by atoms with Crippen LogP contribution in [-0.4, -0.2) is 26.0 Å². The van der Waals surface area contributed by atoms with E-state index >= 15 is 0 Å². The lowest BCUT2D eigenvalue weighted by atomic mass is 10.1. The van der Waals surface area contributed by atoms with Crippen LogP contribution in [0.1, 0.15) is 36.8 Å². The number of halogens is 2. The molecule has 1 saturated carbocycles. The van der Waals surface area contributed by atoms with Crippen molar-refractivity contribution in [3.8, 4) is 5.75 Å². The smallest absolute Gasteiger partial charge is 0.269 e. The number of aryl methyl sites for hydroxylation is 1. The van der Waals surface area contributed by atoms with Gasteiger partial charge in [0.1, 0.15) is 15.1 Å². The Morgan fingerprint density at radius 2 is 1.96 bits per heavy atom. The third-order valence-corrected chi connectivity index (χ3v) is 5.36. The fourth-order valence-electron chi connectivity index (χ4n) is 2.28. The summed E-state index contributed by atoms with van der Waals surface area (Å²) in [6.07, 6.45) is 0.755. The van der Waals surface area contributed by atoms with Crippen molar-refractivity contribution >= 4 is 45.6 Å². The van der Waals surface area contributed by atoms with Gasteiger partial charge in [0.25, 0.3) is 5.91 Å². The first kappa shape index (κ1) is 17.5. The van der Waals surface area contributed by atoms with Crippen LogP contribution >= 0.6 is 34.5 Å². The lowest BCUT2D eigenvalue weighted by Crippen LogP contribution is -2.42. The number of carbonyl (C=O) groups excluding carboxylic acids is 1. The predicted octanol–water partition coefficient (Wildman–Crippen LogP) is 4.30. The molecule has 1 aromatic heterocycles. The number of rotatable bonds is 5. The molecule has 1 aliphatic rings. The average molecular weight is 386 g/mol. The Bertz CT molecular complexity index is 759. The topological polar surface area (TPSA) is 64.1 Å². The van der Waals surface area contributed by atoms with Crippen molar-refractivity contribution in [2.75, 3.05) is 5.32 Å². The minimum Gasteiger partial charge on any atom is -0.478 e. The number of carbonyl (C=O) groups is 1. The van der Waals surface area contributed by atoms with Crippen LogP contribution in [0.4, 0.5) is 5.13 Å². The van der Waals surface area contributed by atoms with Crippen LogP contribution in [0.5, 0.6) is 5.75 Å². The molecule has 1 aliphatic carbocycles. The molecule has 5 nitrogen and oxygen atoms in total. The minimum absolute atomic E-state index is 0.159. The quantitative estimate of drug-likeness (QED) is 0.778. The van der Waals surface area contributed by atoms with Crippen LogP contribution in [0.3, 0.4) is 0 Å². The third kappa shape index (κ3) is 3.82. The minimum atomic E-state index is -1.05. The van der Waals surface area contributed by atoms with E-state index < -0.39 is 9.93 Å². The highest BCUT2D eigenvalue weighted by Gasteiger charge is 2.52. The van der Waals surface area contributed by atoms with Gasteiger partial charge in [-0.25, -0.2) is 0 Å². The molecule has 2 aromatic rings. The molecule has 0 saturated heterocycles. The molecule has 1 atom stereocenters. The van der Waals surface area contributed by atoms with E-state index in [2.05, 4.69) is 15.5 Å². The SMILES string of the molecule is Cc1nnc(NC(=O)C(C)(C)Oc2ccc([C@H]3CC3(Cl)Cl)cc2)s1. The highest BCUT2D eigenvalue weighted by molar-refractivity contribution is 7.15. The zero-order chi connectivity index (χ0) is 17.5. The van der Waals surface area contributed by atoms with Crippen LogP contribution < -0.4 is 10.1 Å². The van der Waals surface area contributed by atoms with E-state index in [9.17, 15) is 4.79 Å². The van der Waals surface area contributed by atoms with Crippen LogP contribution in [-0.2, 0) is 4.79 Å². The molecule has 8 heteroatoms. The molecule has 0 unspecified atom stereocenters. The number of alkyl halides is 2. The van der Waals surface area contributed by atoms with E-state index in [0.717, 1.165) is 17.0 Å². The lowest BCUT2D eigenvalue weighted by molar-refractivity contribution is -0.128. The monoisotopic (exact) mass is 385 g/mol. The summed E-state index contributed by atoms with van der Waals surface area (Å²) >= 11 is 13.5. The predicted molar refractivity (Wildman–Crippen MR) is 96.2 cm³/mol. The van der Waals surface area contributed by atoms with Crippen molar-refractivity contribution in [1.29, 1.82) is 0 Å². The number of aromatic nitrogens is 2. The Morgan fingerprint density at radius 1 is 1.33 bits per heavy atom. The van der Waals surface area contributed by atoms with Gasteiger partial charge in [-0.05, 0) is 44.9 Å². The van der Waals surface area contributed by atoms with Gasteiger partial charge < -0.3 is 4.74 Å². The third-order valence-electron chi connectivity index (χ3n) is 3.77. The van der Waals surface area contributed by atoms with Gasteiger partial charge in [0.15, 0.2) is 5.60 Å². The van der Waals surface area contributed by atoms with E-state index in [1.54, 1.807) is 13.8 Å². The average Bonchev–Trinajstić information content (AvgIpc) is 2.93. The molecule has 1 N–H and O–H groups in total. The number of nitrogens with zero attached hydrogens (tertiary/aromatic N) is 2. The standard InChI is InChI=1S/C16H17Cl2N3O2S/c1-9-20-21-14(24-9)19-13(22)15(2,3)23-11-6-4-10(5-7-11)12-8-16(12,17)18/h4-7,12H,8H2,1-3H3,(H,19,21,22)/t12-/m1/s1. The van der Waals surface area contributed by atoms with Crippen LogP contribution in [0.2, 0.25) is 0 Å². The van der Waals surface area contributed by atoms with Gasteiger partial charge in [-0.2, -0.15) is 0 Å². The number of hydrogen-bond acceptors (Lipinski definition) is 5. The highest BCUT2D eigenvalue weighted by atomic mass is 35.5. The van der Waals surface area contributed by atoms with Crippen LogP contribution in [0.15, 0.2) is 24.3 Å². The Labute approximate surface area is 154 Å². The Kier molecular flexibility index (Phi) is 4.49. The summed E-state index contributed by atoms with van der Waals surface area (Å²) in [4.78, 5) is 12.4. The summed E-state index contributed by atoms with van der Waals surface area (Å²) < 4.78 is 5.18. The second-order valence-corrected chi connectivity index (χ2v) is 9.00. The summed E-state index contributed by atoms with van der Waals surface area (Å²) in [6, 6.07) is 7.49. The fourth-order valence-corrected chi connectivity index (χ4v) is 3.43. The number of nitrogens with one attached hydrogen (secondary N) is 1. The number of amides is 1. The second kappa shape index (κ2) is 6.17. The Hall–Kier alpha value is -1.37. The molecule has 1 amide bonds. The molecule has 0 aliphatic heterocycles. The maximum atomic E-state index is 12.4. The number of hydrogen-bond donors (Lipinski definition) is 1. The van der Waals surface area contributed by atoms with Crippen molar-refractivity contribution in [1.82, 2.24) is 10.2 Å². The molecule has 1 aromatic carbocycles. The van der Waals surface area contributed by atoms with Gasteiger partial charge in [0, 0.05) is 5.92 Å². The van der Waals surface area contributed by atoms with Gasteiger partial charge in [-0.15, -0.1) is 33.4 Å². The summed E-state index contributed by atoms with van der Waals surface area (Å²) in [5, 5.41) is 11.7. The number of benzene rings is 1. The van der Waals surface area contributed by atoms with Gasteiger partial charge >= 0.3 is 0 Å². The second-order valence-electron chi connectivity index (χ2n) is 6.28. The van der Waals surface area contributed by atoms with Gasteiger partial charge in [-0.3, -0.25) is 10.1 Å². The van der Waals surface area contributed by atoms with Crippen molar-refractivity contribution < 1.29 is 9.53 Å². The van der Waals surface area contributed by atoms with Crippen molar-refractivity contribution in [3.05, 3.63) is 34.8 Å². The van der Waals surface area contributed by atoms with E-state index in [1.165, 1.54) is 11.3 Å². The molecule has 1 heterocycles. The maximum Gasteiger partial charge on any atom is 0.269 e. The van der Waals surface area contributed by atoms with E-state index in [4.69, 9.17) is 27.9 Å². The highest BCUT2D eigenvalue weighted by Crippen LogP contribution is 2.59. The maximum absolute atomic E-state index is 12.4. The normalized spacial score (nSPS) is 19.0. The molecule has 3 rings (SSSR count). The first-order valence-electron chi connectivity index (χ1n) is 7.46. The molecule has 0 radical (unpaired) electrons. The van der Waals surface area contributed by atoms with E-state index in [-0.39, 0.29) is 11.8 Å². The molecular formula is C16H17Cl2N3O2S. The summed E-state index contributed by atoms with van der Waals surface area (Å²) in [6.45, 7) is 5.23. The van der Waals surface area contributed by atoms with Gasteiger partial charge in [0.2, 0.25) is 5.13 Å². The summed E-state index contributed by atoms with van der Waals surface area (Å²) in [5.74, 6) is 0.472. The molecule has 128 valence electrons. The van der Waals surface area contributed by atoms with Gasteiger partial charge in [-0.1, -0.05) is 23.5 Å². The number of anilines is 1. The molecule has 1 fully saturated rings. The molecular weight excluding hydrogens is 369 g/mol. The zero-order valence-electron chi connectivity index (χ0n) is 13.5. The van der Waals surface area contributed by atoms with E-state index in [0.29, 0.717) is 10.9 Å². The van der Waals surface area contributed by atoms with Crippen molar-refractivity contribution in [2.45, 2.75) is 43.0 Å². The zero-order valence-corrected chi connectivity index (χ0v) is 15.8. The first-order chi connectivity index (χ1) is 11.2. The van der Waals surface area contributed by atoms with Crippen molar-refractivity contribution in [2.24, 2.45) is 0 Å². The van der Waals surface area contributed by atoms with E-state index in [1.807, 2.05) is 31.2 Å². The van der Waals surface area contributed by atoms with Crippen molar-refractivity contribution in [3.63, 3.8) is 0 Å². The van der Waals surface area contributed by atoms with Gasteiger partial charge in [0.05, 0.1) is 0 Å². The summed E-state index contributed by atoms with van der Waals surface area (Å²) in [7, 11) is 0. The molecule has 0 spiro atoms. The Balaban J connectivity index is 1.64. The Morgan fingerprint density at radius 3 is 2.46 bits per heavy atom. The lowest BCUT2D eigenvalue weighted by Gasteiger charge is -2.24. The first-order valence-corrected chi connectivity index (χ1v) is 9.03. The fraction of sp³-hybridized carbons (Fsp3) is 0.438. The molecule has 24 heavy (non-hydrogen) atoms. The van der Waals surface area contributed by atoms with Crippen LogP contribution in [0, 0.1) is 6.92 Å². The largest absolute Gasteiger partial charge is 0.478 e.